The Morgan fingerprint density at radius 2 is 2.11 bits per heavy atom. The standard InChI is InChI=1S/C19H20N8O/c1-12(20)6-7-14-4-3-5-15(8-14)9-16-10-22-19-23-11-17(26-27(16)19)13(2)24-25-18(21)28/h3-8,10-11,20H,9H2,1-2H3,(H3,21,25,28)/b7-6-,20-12?,24-13+. The molecule has 0 fully saturated rings. The van der Waals surface area contributed by atoms with E-state index >= 15 is 0 Å². The van der Waals surface area contributed by atoms with Gasteiger partial charge in [-0.05, 0) is 31.1 Å². The number of imidazole rings is 1. The lowest BCUT2D eigenvalue weighted by atomic mass is 10.1. The lowest BCUT2D eigenvalue weighted by molar-refractivity contribution is 0.249. The Morgan fingerprint density at radius 3 is 2.86 bits per heavy atom. The maximum Gasteiger partial charge on any atom is 0.332 e. The highest BCUT2D eigenvalue weighted by molar-refractivity contribution is 5.97. The molecule has 0 radical (unpaired) electrons. The normalized spacial score (nSPS) is 11.9. The molecule has 0 unspecified atom stereocenters. The van der Waals surface area contributed by atoms with Crippen LogP contribution in [0.3, 0.4) is 0 Å². The first-order valence-corrected chi connectivity index (χ1v) is 8.54. The number of carbonyl (C=O) groups is 1. The third kappa shape index (κ3) is 4.64. The molecule has 3 rings (SSSR count). The number of amides is 2. The average molecular weight is 376 g/mol. The van der Waals surface area contributed by atoms with E-state index in [1.807, 2.05) is 24.3 Å². The highest BCUT2D eigenvalue weighted by Crippen LogP contribution is 2.13. The van der Waals surface area contributed by atoms with Gasteiger partial charge in [-0.2, -0.15) is 10.2 Å². The summed E-state index contributed by atoms with van der Waals surface area (Å²) in [5.41, 5.74) is 11.6. The molecule has 0 aliphatic carbocycles. The summed E-state index contributed by atoms with van der Waals surface area (Å²) >= 11 is 0. The van der Waals surface area contributed by atoms with Crippen LogP contribution in [-0.4, -0.2) is 37.0 Å². The van der Waals surface area contributed by atoms with Crippen molar-refractivity contribution in [2.75, 3.05) is 0 Å². The second-order valence-corrected chi connectivity index (χ2v) is 6.22. The summed E-state index contributed by atoms with van der Waals surface area (Å²) in [6.45, 7) is 3.43. The van der Waals surface area contributed by atoms with E-state index in [1.165, 1.54) is 0 Å². The largest absolute Gasteiger partial charge is 0.350 e. The minimum atomic E-state index is -0.746. The number of hydrogen-bond donors (Lipinski definition) is 3. The highest BCUT2D eigenvalue weighted by atomic mass is 16.2. The summed E-state index contributed by atoms with van der Waals surface area (Å²) in [6.07, 6.45) is 7.55. The Bertz CT molecular complexity index is 1100. The van der Waals surface area contributed by atoms with Crippen molar-refractivity contribution in [3.63, 3.8) is 0 Å². The molecule has 0 aliphatic heterocycles. The van der Waals surface area contributed by atoms with Crippen LogP contribution in [0.1, 0.15) is 36.4 Å². The first-order valence-electron chi connectivity index (χ1n) is 8.54. The summed E-state index contributed by atoms with van der Waals surface area (Å²) in [6, 6.07) is 7.29. The fourth-order valence-electron chi connectivity index (χ4n) is 2.54. The molecule has 0 saturated carbocycles. The molecule has 0 saturated heterocycles. The van der Waals surface area contributed by atoms with Crippen molar-refractivity contribution < 1.29 is 4.79 Å². The van der Waals surface area contributed by atoms with Crippen LogP contribution in [0.15, 0.2) is 47.8 Å². The van der Waals surface area contributed by atoms with Gasteiger partial charge in [0.05, 0.1) is 23.8 Å². The van der Waals surface area contributed by atoms with Gasteiger partial charge in [-0.25, -0.2) is 24.7 Å². The van der Waals surface area contributed by atoms with Gasteiger partial charge in [0.25, 0.3) is 5.78 Å². The van der Waals surface area contributed by atoms with Crippen LogP contribution in [-0.2, 0) is 6.42 Å². The van der Waals surface area contributed by atoms with Crippen LogP contribution in [0.4, 0.5) is 4.79 Å². The molecule has 2 amide bonds. The van der Waals surface area contributed by atoms with Gasteiger partial charge in [-0.15, -0.1) is 0 Å². The van der Waals surface area contributed by atoms with Gasteiger partial charge >= 0.3 is 6.03 Å². The molecule has 0 bridgehead atoms. The third-order valence-electron chi connectivity index (χ3n) is 3.87. The molecule has 0 spiro atoms. The number of rotatable bonds is 6. The second kappa shape index (κ2) is 8.21. The van der Waals surface area contributed by atoms with E-state index in [0.29, 0.717) is 29.3 Å². The van der Waals surface area contributed by atoms with Gasteiger partial charge in [0.2, 0.25) is 0 Å². The van der Waals surface area contributed by atoms with Gasteiger partial charge in [-0.3, -0.25) is 0 Å². The second-order valence-electron chi connectivity index (χ2n) is 6.22. The van der Waals surface area contributed by atoms with Crippen molar-refractivity contribution in [3.8, 4) is 0 Å². The summed E-state index contributed by atoms with van der Waals surface area (Å²) in [5.74, 6) is 0.477. The minimum absolute atomic E-state index is 0.474. The van der Waals surface area contributed by atoms with Gasteiger partial charge in [-0.1, -0.05) is 30.3 Å². The van der Waals surface area contributed by atoms with Gasteiger partial charge in [0.15, 0.2) is 0 Å². The lowest BCUT2D eigenvalue weighted by Crippen LogP contribution is -2.25. The predicted molar refractivity (Wildman–Crippen MR) is 107 cm³/mol. The molecule has 9 nitrogen and oxygen atoms in total. The summed E-state index contributed by atoms with van der Waals surface area (Å²) in [4.78, 5) is 19.4. The Morgan fingerprint density at radius 1 is 1.32 bits per heavy atom. The maximum atomic E-state index is 10.8. The molecule has 2 heterocycles. The van der Waals surface area contributed by atoms with Gasteiger partial charge in [0.1, 0.15) is 5.69 Å². The Kier molecular flexibility index (Phi) is 5.54. The topological polar surface area (TPSA) is 134 Å². The number of nitrogens with two attached hydrogens (primary N) is 1. The van der Waals surface area contributed by atoms with E-state index in [2.05, 4.69) is 31.7 Å². The number of hydrogen-bond acceptors (Lipinski definition) is 6. The Balaban J connectivity index is 1.89. The lowest BCUT2D eigenvalue weighted by Gasteiger charge is -2.05. The number of fused-ring (bicyclic) bond motifs is 1. The summed E-state index contributed by atoms with van der Waals surface area (Å²) in [7, 11) is 0. The number of allylic oxidation sites excluding steroid dienone is 1. The first-order chi connectivity index (χ1) is 13.4. The smallest absolute Gasteiger partial charge is 0.332 e. The van der Waals surface area contributed by atoms with Crippen molar-refractivity contribution in [1.82, 2.24) is 25.0 Å². The zero-order chi connectivity index (χ0) is 20.1. The van der Waals surface area contributed by atoms with Crippen LogP contribution < -0.4 is 11.2 Å². The zero-order valence-corrected chi connectivity index (χ0v) is 15.5. The summed E-state index contributed by atoms with van der Waals surface area (Å²) in [5, 5.41) is 15.9. The SMILES string of the molecule is CC(=N)/C=C\c1cccc(Cc2cnc3ncc(/C(C)=N/NC(N)=O)nn23)c1. The van der Waals surface area contributed by atoms with Crippen molar-refractivity contribution >= 4 is 29.3 Å². The third-order valence-corrected chi connectivity index (χ3v) is 3.87. The van der Waals surface area contributed by atoms with E-state index in [-0.39, 0.29) is 0 Å². The first kappa shape index (κ1) is 18.9. The summed E-state index contributed by atoms with van der Waals surface area (Å²) < 4.78 is 1.66. The van der Waals surface area contributed by atoms with E-state index < -0.39 is 6.03 Å². The van der Waals surface area contributed by atoms with Crippen LogP contribution in [0.25, 0.3) is 11.9 Å². The highest BCUT2D eigenvalue weighted by Gasteiger charge is 2.10. The number of benzene rings is 1. The van der Waals surface area contributed by atoms with Crippen molar-refractivity contribution in [2.45, 2.75) is 20.3 Å². The molecule has 3 aromatic rings. The molecule has 142 valence electrons. The van der Waals surface area contributed by atoms with Crippen molar-refractivity contribution in [1.29, 1.82) is 5.41 Å². The number of carbonyl (C=O) groups excluding carboxylic acids is 1. The van der Waals surface area contributed by atoms with E-state index in [4.69, 9.17) is 11.1 Å². The average Bonchev–Trinajstić information content (AvgIpc) is 3.07. The van der Waals surface area contributed by atoms with E-state index in [9.17, 15) is 4.79 Å². The van der Waals surface area contributed by atoms with E-state index in [1.54, 1.807) is 36.8 Å². The van der Waals surface area contributed by atoms with Crippen molar-refractivity contribution in [3.05, 3.63) is 65.2 Å². The quantitative estimate of drug-likeness (QED) is 0.449. The number of hydrazone groups is 1. The fourth-order valence-corrected chi connectivity index (χ4v) is 2.54. The molecule has 4 N–H and O–H groups in total. The molecule has 2 aromatic heterocycles. The number of primary amides is 1. The molecule has 0 atom stereocenters. The molecule has 0 aliphatic rings. The fraction of sp³-hybridized carbons (Fsp3) is 0.158. The van der Waals surface area contributed by atoms with Crippen LogP contribution in [0, 0.1) is 5.41 Å². The van der Waals surface area contributed by atoms with Crippen molar-refractivity contribution in [2.24, 2.45) is 10.8 Å². The van der Waals surface area contributed by atoms with E-state index in [0.717, 1.165) is 16.8 Å². The van der Waals surface area contributed by atoms with Gasteiger partial charge in [0, 0.05) is 12.1 Å². The molecular weight excluding hydrogens is 356 g/mol. The predicted octanol–water partition coefficient (Wildman–Crippen LogP) is 2.16. The number of nitrogens with zero attached hydrogens (tertiary/aromatic N) is 5. The molecule has 28 heavy (non-hydrogen) atoms. The number of nitrogens with one attached hydrogen (secondary N) is 2. The molecular formula is C19H20N8O. The monoisotopic (exact) mass is 376 g/mol. The Hall–Kier alpha value is -3.88. The van der Waals surface area contributed by atoms with Crippen LogP contribution >= 0.6 is 0 Å². The zero-order valence-electron chi connectivity index (χ0n) is 15.5. The number of urea groups is 1. The molecule has 1 aromatic carbocycles. The minimum Gasteiger partial charge on any atom is -0.350 e. The van der Waals surface area contributed by atoms with Crippen LogP contribution in [0.2, 0.25) is 0 Å². The maximum absolute atomic E-state index is 10.8. The number of aromatic nitrogens is 4. The van der Waals surface area contributed by atoms with Crippen LogP contribution in [0.5, 0.6) is 0 Å². The van der Waals surface area contributed by atoms with Gasteiger partial charge < -0.3 is 11.1 Å². The Labute approximate surface area is 161 Å². The molecule has 9 heteroatoms.